The Balaban J connectivity index is 2.71. The summed E-state index contributed by atoms with van der Waals surface area (Å²) < 4.78 is 24.6. The Kier molecular flexibility index (Phi) is 2.66. The normalized spacial score (nSPS) is 18.8. The van der Waals surface area contributed by atoms with E-state index in [2.05, 4.69) is 4.93 Å². The molecule has 0 saturated carbocycles. The number of hydrogen-bond donors (Lipinski definition) is 0. The molecule has 0 radical (unpaired) electrons. The van der Waals surface area contributed by atoms with E-state index in [9.17, 15) is 8.42 Å². The number of sulfone groups is 1. The summed E-state index contributed by atoms with van der Waals surface area (Å²) in [7, 11) is -3.04. The zero-order chi connectivity index (χ0) is 10.2. The molecule has 1 heterocycles. The van der Waals surface area contributed by atoms with Gasteiger partial charge in [0.2, 0.25) is 0 Å². The zero-order valence-corrected chi connectivity index (χ0v) is 10.7. The van der Waals surface area contributed by atoms with Gasteiger partial charge in [0, 0.05) is 0 Å². The summed E-state index contributed by atoms with van der Waals surface area (Å²) in [5.41, 5.74) is 0.925. The van der Waals surface area contributed by atoms with Crippen molar-refractivity contribution in [3.63, 3.8) is 0 Å². The standard InChI is InChI=1S/C10H10IO2S/c1-11-9-6-7-14(12,13)10-5-3-2-4-8(9)10/h2-6H,7H2,1H3/q-1. The van der Waals surface area contributed by atoms with Gasteiger partial charge in [-0.15, -0.1) is 0 Å². The van der Waals surface area contributed by atoms with Gasteiger partial charge < -0.3 is 0 Å². The number of benzene rings is 1. The molecule has 0 aromatic heterocycles. The second-order valence-corrected chi connectivity index (χ2v) is 7.26. The van der Waals surface area contributed by atoms with Crippen molar-refractivity contribution in [3.8, 4) is 0 Å². The predicted molar refractivity (Wildman–Crippen MR) is 52.4 cm³/mol. The first-order valence-corrected chi connectivity index (χ1v) is 9.06. The molecule has 2 nitrogen and oxygen atoms in total. The van der Waals surface area contributed by atoms with Gasteiger partial charge in [0.1, 0.15) is 0 Å². The van der Waals surface area contributed by atoms with Crippen molar-refractivity contribution in [2.75, 3.05) is 10.7 Å². The van der Waals surface area contributed by atoms with Crippen molar-refractivity contribution in [2.24, 2.45) is 0 Å². The van der Waals surface area contributed by atoms with Crippen molar-refractivity contribution in [1.82, 2.24) is 0 Å². The van der Waals surface area contributed by atoms with Crippen LogP contribution in [-0.2, 0) is 9.84 Å². The van der Waals surface area contributed by atoms with Crippen LogP contribution in [0.4, 0.5) is 0 Å². The van der Waals surface area contributed by atoms with Gasteiger partial charge in [-0.3, -0.25) is 0 Å². The van der Waals surface area contributed by atoms with E-state index in [4.69, 9.17) is 0 Å². The van der Waals surface area contributed by atoms with Crippen molar-refractivity contribution in [2.45, 2.75) is 4.90 Å². The molecule has 0 atom stereocenters. The van der Waals surface area contributed by atoms with Gasteiger partial charge in [-0.2, -0.15) is 0 Å². The fourth-order valence-corrected chi connectivity index (χ4v) is 5.06. The minimum atomic E-state index is -3.04. The van der Waals surface area contributed by atoms with E-state index in [1.54, 1.807) is 12.1 Å². The molecular weight excluding hydrogens is 311 g/mol. The number of rotatable bonds is 1. The molecule has 1 aromatic carbocycles. The van der Waals surface area contributed by atoms with Crippen LogP contribution in [0.3, 0.4) is 0 Å². The second kappa shape index (κ2) is 3.66. The maximum absolute atomic E-state index is 11.7. The van der Waals surface area contributed by atoms with E-state index in [0.29, 0.717) is 4.90 Å². The van der Waals surface area contributed by atoms with Gasteiger partial charge in [-0.05, 0) is 0 Å². The molecule has 14 heavy (non-hydrogen) atoms. The average molecular weight is 321 g/mol. The van der Waals surface area contributed by atoms with E-state index in [1.165, 1.54) is 3.58 Å². The predicted octanol–water partition coefficient (Wildman–Crippen LogP) is -1.47. The molecule has 0 fully saturated rings. The topological polar surface area (TPSA) is 34.1 Å². The van der Waals surface area contributed by atoms with Gasteiger partial charge in [0.25, 0.3) is 0 Å². The fourth-order valence-electron chi connectivity index (χ4n) is 1.50. The summed E-state index contributed by atoms with van der Waals surface area (Å²) in [5.74, 6) is 0.174. The van der Waals surface area contributed by atoms with Crippen LogP contribution in [0.2, 0.25) is 0 Å². The van der Waals surface area contributed by atoms with Crippen LogP contribution in [0.5, 0.6) is 0 Å². The average Bonchev–Trinajstić information content (AvgIpc) is 2.18. The van der Waals surface area contributed by atoms with Gasteiger partial charge in [-0.1, -0.05) is 0 Å². The molecule has 1 aromatic rings. The molecule has 1 aliphatic rings. The van der Waals surface area contributed by atoms with Gasteiger partial charge in [-0.25, -0.2) is 0 Å². The van der Waals surface area contributed by atoms with Crippen LogP contribution in [-0.4, -0.2) is 19.1 Å². The van der Waals surface area contributed by atoms with Crippen LogP contribution >= 0.6 is 0 Å². The molecule has 0 unspecified atom stereocenters. The third-order valence-corrected chi connectivity index (χ3v) is 5.98. The summed E-state index contributed by atoms with van der Waals surface area (Å²) >= 11 is -0.0483. The first-order chi connectivity index (χ1) is 6.65. The van der Waals surface area contributed by atoms with Gasteiger partial charge in [0.05, 0.1) is 0 Å². The molecule has 0 aliphatic carbocycles. The molecule has 0 N–H and O–H groups in total. The maximum atomic E-state index is 11.7. The first-order valence-electron chi connectivity index (χ1n) is 4.17. The summed E-state index contributed by atoms with van der Waals surface area (Å²) in [6.07, 6.45) is 1.87. The SMILES string of the molecule is C[I-]C1=CCS(=O)(=O)c2ccccc21. The Morgan fingerprint density at radius 3 is 2.71 bits per heavy atom. The Morgan fingerprint density at radius 2 is 2.00 bits per heavy atom. The molecule has 0 amide bonds. The summed E-state index contributed by atoms with van der Waals surface area (Å²) in [6.45, 7) is 0. The first kappa shape index (κ1) is 10.2. The van der Waals surface area contributed by atoms with Crippen LogP contribution in [0.1, 0.15) is 5.56 Å². The summed E-state index contributed by atoms with van der Waals surface area (Å²) in [5, 5.41) is 0. The molecule has 1 aliphatic heterocycles. The molecule has 0 bridgehead atoms. The molecule has 4 heteroatoms. The molecular formula is C10H10IO2S-. The van der Waals surface area contributed by atoms with Gasteiger partial charge in [0.15, 0.2) is 0 Å². The van der Waals surface area contributed by atoms with Crippen LogP contribution < -0.4 is 21.2 Å². The van der Waals surface area contributed by atoms with Crippen LogP contribution in [0.25, 0.3) is 3.58 Å². The number of hydrogen-bond acceptors (Lipinski definition) is 2. The second-order valence-electron chi connectivity index (χ2n) is 3.02. The number of halogens is 1. The van der Waals surface area contributed by atoms with E-state index < -0.39 is 9.84 Å². The number of fused-ring (bicyclic) bond motifs is 1. The fraction of sp³-hybridized carbons (Fsp3) is 0.200. The Hall–Kier alpha value is -0.360. The third kappa shape index (κ3) is 1.61. The molecule has 76 valence electrons. The van der Waals surface area contributed by atoms with Crippen LogP contribution in [0.15, 0.2) is 35.2 Å². The Labute approximate surface area is 94.2 Å². The molecule has 0 spiro atoms. The van der Waals surface area contributed by atoms with E-state index in [0.717, 1.165) is 5.56 Å². The van der Waals surface area contributed by atoms with Crippen LogP contribution in [0, 0.1) is 0 Å². The van der Waals surface area contributed by atoms with Crippen molar-refractivity contribution >= 4 is 13.4 Å². The molecule has 2 rings (SSSR count). The minimum absolute atomic E-state index is 0.0483. The monoisotopic (exact) mass is 321 g/mol. The quantitative estimate of drug-likeness (QED) is 0.468. The Bertz CT molecular complexity index is 489. The summed E-state index contributed by atoms with van der Waals surface area (Å²) in [6, 6.07) is 7.29. The Morgan fingerprint density at radius 1 is 1.29 bits per heavy atom. The van der Waals surface area contributed by atoms with E-state index in [-0.39, 0.29) is 27.0 Å². The van der Waals surface area contributed by atoms with Crippen molar-refractivity contribution < 1.29 is 29.6 Å². The van der Waals surface area contributed by atoms with E-state index in [1.807, 2.05) is 18.2 Å². The zero-order valence-electron chi connectivity index (χ0n) is 7.70. The summed E-state index contributed by atoms with van der Waals surface area (Å²) in [4.78, 5) is 2.67. The van der Waals surface area contributed by atoms with Crippen molar-refractivity contribution in [1.29, 1.82) is 0 Å². The molecule has 0 saturated heterocycles. The van der Waals surface area contributed by atoms with E-state index >= 15 is 0 Å². The third-order valence-electron chi connectivity index (χ3n) is 2.16. The number of alkyl halides is 1. The van der Waals surface area contributed by atoms with Crippen molar-refractivity contribution in [3.05, 3.63) is 35.9 Å². The van der Waals surface area contributed by atoms with Gasteiger partial charge >= 0.3 is 94.5 Å².